The maximum absolute atomic E-state index is 13.2. The number of likely N-dealkylation sites (tertiary alicyclic amines) is 1. The zero-order valence-electron chi connectivity index (χ0n) is 10.5. The fourth-order valence-electron chi connectivity index (χ4n) is 2.56. The summed E-state index contributed by atoms with van der Waals surface area (Å²) in [6.07, 6.45) is 3.84. The Balaban J connectivity index is 2.13. The van der Waals surface area contributed by atoms with Crippen LogP contribution in [0, 0.1) is 11.6 Å². The van der Waals surface area contributed by atoms with E-state index in [-0.39, 0.29) is 17.5 Å². The SMILES string of the molecule is O=C(c1cc(F)cc(F)c1)N1CCCC1CCCBr. The van der Waals surface area contributed by atoms with Crippen molar-refractivity contribution < 1.29 is 13.6 Å². The van der Waals surface area contributed by atoms with E-state index in [9.17, 15) is 13.6 Å². The van der Waals surface area contributed by atoms with Crippen molar-refractivity contribution in [1.29, 1.82) is 0 Å². The molecule has 1 saturated heterocycles. The maximum atomic E-state index is 13.2. The molecule has 1 atom stereocenters. The molecule has 19 heavy (non-hydrogen) atoms. The lowest BCUT2D eigenvalue weighted by atomic mass is 10.1. The summed E-state index contributed by atoms with van der Waals surface area (Å²) in [5.74, 6) is -1.69. The summed E-state index contributed by atoms with van der Waals surface area (Å²) in [5, 5.41) is 0.903. The second kappa shape index (κ2) is 6.46. The van der Waals surface area contributed by atoms with Gasteiger partial charge in [0, 0.05) is 29.5 Å². The second-order valence-electron chi connectivity index (χ2n) is 4.78. The van der Waals surface area contributed by atoms with Gasteiger partial charge in [0.15, 0.2) is 0 Å². The first-order valence-corrected chi connectivity index (χ1v) is 7.57. The molecule has 5 heteroatoms. The van der Waals surface area contributed by atoms with E-state index in [0.29, 0.717) is 6.54 Å². The molecule has 2 rings (SSSR count). The molecular weight excluding hydrogens is 316 g/mol. The Kier molecular flexibility index (Phi) is 4.91. The third-order valence-electron chi connectivity index (χ3n) is 3.42. The van der Waals surface area contributed by atoms with Gasteiger partial charge in [-0.25, -0.2) is 8.78 Å². The van der Waals surface area contributed by atoms with Gasteiger partial charge in [-0.2, -0.15) is 0 Å². The first-order chi connectivity index (χ1) is 9.11. The van der Waals surface area contributed by atoms with Crippen LogP contribution in [0.2, 0.25) is 0 Å². The molecule has 2 nitrogen and oxygen atoms in total. The maximum Gasteiger partial charge on any atom is 0.254 e. The largest absolute Gasteiger partial charge is 0.336 e. The van der Waals surface area contributed by atoms with Crippen LogP contribution in [-0.4, -0.2) is 28.7 Å². The van der Waals surface area contributed by atoms with Crippen LogP contribution in [0.25, 0.3) is 0 Å². The first kappa shape index (κ1) is 14.4. The van der Waals surface area contributed by atoms with Gasteiger partial charge in [-0.05, 0) is 37.8 Å². The fourth-order valence-corrected chi connectivity index (χ4v) is 2.88. The number of amides is 1. The number of hydrogen-bond acceptors (Lipinski definition) is 1. The molecule has 1 aliphatic rings. The van der Waals surface area contributed by atoms with Gasteiger partial charge in [-0.15, -0.1) is 0 Å². The summed E-state index contributed by atoms with van der Waals surface area (Å²) >= 11 is 3.37. The van der Waals surface area contributed by atoms with E-state index in [2.05, 4.69) is 15.9 Å². The average molecular weight is 332 g/mol. The standard InChI is InChI=1S/C14H16BrF2NO/c15-5-1-3-13-4-2-6-18(13)14(19)10-7-11(16)9-12(17)8-10/h7-9,13H,1-6H2. The van der Waals surface area contributed by atoms with Gasteiger partial charge < -0.3 is 4.90 Å². The molecular formula is C14H16BrF2NO. The van der Waals surface area contributed by atoms with Crippen LogP contribution in [0.5, 0.6) is 0 Å². The molecule has 1 aromatic carbocycles. The third kappa shape index (κ3) is 3.53. The van der Waals surface area contributed by atoms with Gasteiger partial charge in [0.05, 0.1) is 0 Å². The van der Waals surface area contributed by atoms with Crippen LogP contribution in [0.4, 0.5) is 8.78 Å². The summed E-state index contributed by atoms with van der Waals surface area (Å²) in [5.41, 5.74) is 0.100. The highest BCUT2D eigenvalue weighted by Gasteiger charge is 2.29. The molecule has 104 valence electrons. The van der Waals surface area contributed by atoms with E-state index < -0.39 is 11.6 Å². The third-order valence-corrected chi connectivity index (χ3v) is 3.98. The molecule has 0 radical (unpaired) electrons. The minimum Gasteiger partial charge on any atom is -0.336 e. The molecule has 1 amide bonds. The molecule has 0 bridgehead atoms. The lowest BCUT2D eigenvalue weighted by Crippen LogP contribution is -2.35. The summed E-state index contributed by atoms with van der Waals surface area (Å²) in [6, 6.07) is 3.18. The molecule has 0 saturated carbocycles. The Labute approximate surface area is 119 Å². The number of rotatable bonds is 4. The number of hydrogen-bond donors (Lipinski definition) is 0. The Morgan fingerprint density at radius 3 is 2.63 bits per heavy atom. The molecule has 0 N–H and O–H groups in total. The van der Waals surface area contributed by atoms with Gasteiger partial charge in [-0.1, -0.05) is 15.9 Å². The molecule has 0 spiro atoms. The van der Waals surface area contributed by atoms with Crippen LogP contribution in [-0.2, 0) is 0 Å². The fraction of sp³-hybridized carbons (Fsp3) is 0.500. The van der Waals surface area contributed by atoms with E-state index in [0.717, 1.165) is 49.2 Å². The van der Waals surface area contributed by atoms with Gasteiger partial charge in [0.2, 0.25) is 0 Å². The monoisotopic (exact) mass is 331 g/mol. The number of nitrogens with zero attached hydrogens (tertiary/aromatic N) is 1. The highest BCUT2D eigenvalue weighted by molar-refractivity contribution is 9.09. The number of halogens is 3. The average Bonchev–Trinajstić information content (AvgIpc) is 2.82. The van der Waals surface area contributed by atoms with E-state index >= 15 is 0 Å². The predicted molar refractivity (Wildman–Crippen MR) is 73.4 cm³/mol. The number of alkyl halides is 1. The highest BCUT2D eigenvalue weighted by Crippen LogP contribution is 2.24. The Hall–Kier alpha value is -0.970. The van der Waals surface area contributed by atoms with Crippen LogP contribution in [0.15, 0.2) is 18.2 Å². The van der Waals surface area contributed by atoms with Crippen molar-refractivity contribution in [2.45, 2.75) is 31.7 Å². The van der Waals surface area contributed by atoms with Crippen molar-refractivity contribution in [3.05, 3.63) is 35.4 Å². The Morgan fingerprint density at radius 2 is 2.00 bits per heavy atom. The summed E-state index contributed by atoms with van der Waals surface area (Å²) in [6.45, 7) is 0.671. The number of benzene rings is 1. The van der Waals surface area contributed by atoms with Gasteiger partial charge >= 0.3 is 0 Å². The molecule has 1 fully saturated rings. The molecule has 1 aliphatic heterocycles. The molecule has 1 heterocycles. The van der Waals surface area contributed by atoms with Gasteiger partial charge in [0.25, 0.3) is 5.91 Å². The van der Waals surface area contributed by atoms with E-state index in [1.54, 1.807) is 4.90 Å². The van der Waals surface area contributed by atoms with Crippen molar-refractivity contribution in [1.82, 2.24) is 4.90 Å². The van der Waals surface area contributed by atoms with Gasteiger partial charge in [-0.3, -0.25) is 4.79 Å². The van der Waals surface area contributed by atoms with Crippen molar-refractivity contribution in [3.63, 3.8) is 0 Å². The van der Waals surface area contributed by atoms with Crippen LogP contribution < -0.4 is 0 Å². The quantitative estimate of drug-likeness (QED) is 0.769. The summed E-state index contributed by atoms with van der Waals surface area (Å²) < 4.78 is 26.3. The Morgan fingerprint density at radius 1 is 1.32 bits per heavy atom. The molecule has 1 aromatic rings. The molecule has 1 unspecified atom stereocenters. The highest BCUT2D eigenvalue weighted by atomic mass is 79.9. The zero-order chi connectivity index (χ0) is 13.8. The smallest absolute Gasteiger partial charge is 0.254 e. The summed E-state index contributed by atoms with van der Waals surface area (Å²) in [7, 11) is 0. The number of carbonyl (C=O) groups excluding carboxylic acids is 1. The van der Waals surface area contributed by atoms with Crippen LogP contribution in [0.1, 0.15) is 36.0 Å². The topological polar surface area (TPSA) is 20.3 Å². The van der Waals surface area contributed by atoms with Crippen molar-refractivity contribution in [2.75, 3.05) is 11.9 Å². The normalized spacial score (nSPS) is 18.9. The van der Waals surface area contributed by atoms with Crippen molar-refractivity contribution in [2.24, 2.45) is 0 Å². The van der Waals surface area contributed by atoms with Gasteiger partial charge in [0.1, 0.15) is 11.6 Å². The second-order valence-corrected chi connectivity index (χ2v) is 5.58. The lowest BCUT2D eigenvalue weighted by molar-refractivity contribution is 0.0729. The number of carbonyl (C=O) groups is 1. The van der Waals surface area contributed by atoms with E-state index in [4.69, 9.17) is 0 Å². The van der Waals surface area contributed by atoms with Crippen molar-refractivity contribution >= 4 is 21.8 Å². The predicted octanol–water partition coefficient (Wildman–Crippen LogP) is 3.74. The molecule has 0 aliphatic carbocycles. The molecule has 0 aromatic heterocycles. The van der Waals surface area contributed by atoms with E-state index in [1.165, 1.54) is 0 Å². The summed E-state index contributed by atoms with van der Waals surface area (Å²) in [4.78, 5) is 14.1. The van der Waals surface area contributed by atoms with Crippen LogP contribution in [0.3, 0.4) is 0 Å². The minimum absolute atomic E-state index is 0.100. The van der Waals surface area contributed by atoms with Crippen LogP contribution >= 0.6 is 15.9 Å². The zero-order valence-corrected chi connectivity index (χ0v) is 12.1. The van der Waals surface area contributed by atoms with E-state index in [1.807, 2.05) is 0 Å². The lowest BCUT2D eigenvalue weighted by Gasteiger charge is -2.24. The minimum atomic E-state index is -0.709. The van der Waals surface area contributed by atoms with Crippen molar-refractivity contribution in [3.8, 4) is 0 Å². The first-order valence-electron chi connectivity index (χ1n) is 6.45. The Bertz CT molecular complexity index is 447.